The fraction of sp³-hybridized carbons (Fsp3) is 0.357. The molecule has 0 N–H and O–H groups in total. The summed E-state index contributed by atoms with van der Waals surface area (Å²) in [6, 6.07) is 2.59. The summed E-state index contributed by atoms with van der Waals surface area (Å²) < 4.78 is 37.5. The van der Waals surface area contributed by atoms with Gasteiger partial charge in [0, 0.05) is 18.4 Å². The van der Waals surface area contributed by atoms with Gasteiger partial charge in [0.15, 0.2) is 0 Å². The van der Waals surface area contributed by atoms with Crippen molar-refractivity contribution >= 4 is 17.3 Å². The van der Waals surface area contributed by atoms with Gasteiger partial charge in [-0.25, -0.2) is 0 Å². The van der Waals surface area contributed by atoms with Crippen LogP contribution in [0.4, 0.5) is 13.2 Å². The van der Waals surface area contributed by atoms with Crippen molar-refractivity contribution in [3.05, 3.63) is 45.5 Å². The standard InChI is InChI=1S/C14H10F3NO5/c15-14(16,17)9-6-4-8(5-7-9)12(21)13(18(22)23)10(19)2-1-3-11(13)20/h4-7H,1-3H2. The van der Waals surface area contributed by atoms with Crippen molar-refractivity contribution in [2.75, 3.05) is 0 Å². The molecule has 0 aromatic heterocycles. The number of carbonyl (C=O) groups is 3. The molecular formula is C14H10F3NO5. The van der Waals surface area contributed by atoms with Crippen LogP contribution in [-0.2, 0) is 15.8 Å². The quantitative estimate of drug-likeness (QED) is 0.367. The molecule has 0 spiro atoms. The molecule has 0 aliphatic heterocycles. The number of hydrogen-bond donors (Lipinski definition) is 0. The van der Waals surface area contributed by atoms with Crippen molar-refractivity contribution in [2.24, 2.45) is 0 Å². The first-order valence-electron chi connectivity index (χ1n) is 6.55. The molecule has 0 bridgehead atoms. The van der Waals surface area contributed by atoms with Crippen molar-refractivity contribution in [3.8, 4) is 0 Å². The molecule has 0 unspecified atom stereocenters. The number of hydrogen-bond acceptors (Lipinski definition) is 5. The first-order valence-corrected chi connectivity index (χ1v) is 6.55. The van der Waals surface area contributed by atoms with E-state index in [2.05, 4.69) is 0 Å². The van der Waals surface area contributed by atoms with E-state index >= 15 is 0 Å². The zero-order valence-electron chi connectivity index (χ0n) is 11.6. The van der Waals surface area contributed by atoms with Gasteiger partial charge in [-0.05, 0) is 18.6 Å². The molecule has 0 saturated heterocycles. The van der Waals surface area contributed by atoms with Crippen LogP contribution in [0, 0.1) is 10.1 Å². The molecule has 6 nitrogen and oxygen atoms in total. The Hall–Kier alpha value is -2.58. The molecule has 122 valence electrons. The molecule has 1 aliphatic rings. The third-order valence-corrected chi connectivity index (χ3v) is 3.69. The Balaban J connectivity index is 2.49. The Kier molecular flexibility index (Phi) is 4.06. The summed E-state index contributed by atoms with van der Waals surface area (Å²) in [5.74, 6) is -3.67. The van der Waals surface area contributed by atoms with Crippen molar-refractivity contribution in [2.45, 2.75) is 31.0 Å². The predicted octanol–water partition coefficient (Wildman–Crippen LogP) is 2.23. The molecule has 2 rings (SSSR count). The summed E-state index contributed by atoms with van der Waals surface area (Å²) in [5.41, 5.74) is -4.58. The fourth-order valence-corrected chi connectivity index (χ4v) is 2.49. The lowest BCUT2D eigenvalue weighted by molar-refractivity contribution is -0.518. The van der Waals surface area contributed by atoms with Crippen LogP contribution in [0.25, 0.3) is 0 Å². The first-order chi connectivity index (χ1) is 10.6. The van der Waals surface area contributed by atoms with E-state index in [1.54, 1.807) is 0 Å². The van der Waals surface area contributed by atoms with Crippen molar-refractivity contribution in [1.82, 2.24) is 0 Å². The van der Waals surface area contributed by atoms with Gasteiger partial charge in [-0.2, -0.15) is 13.2 Å². The number of alkyl halides is 3. The number of halogens is 3. The second-order valence-corrected chi connectivity index (χ2v) is 5.07. The SMILES string of the molecule is O=C1CCCC(=O)C1(C(=O)c1ccc(C(F)(F)F)cc1)[N+](=O)[O-]. The van der Waals surface area contributed by atoms with E-state index in [1.807, 2.05) is 0 Å². The minimum absolute atomic E-state index is 0.105. The smallest absolute Gasteiger partial charge is 0.291 e. The average molecular weight is 329 g/mol. The van der Waals surface area contributed by atoms with E-state index in [-0.39, 0.29) is 19.3 Å². The van der Waals surface area contributed by atoms with Crippen LogP contribution in [0.2, 0.25) is 0 Å². The molecule has 1 aromatic carbocycles. The predicted molar refractivity (Wildman–Crippen MR) is 69.4 cm³/mol. The number of benzene rings is 1. The number of nitrogens with zero attached hydrogens (tertiary/aromatic N) is 1. The third-order valence-electron chi connectivity index (χ3n) is 3.69. The van der Waals surface area contributed by atoms with Gasteiger partial charge in [0.25, 0.3) is 5.78 Å². The Morgan fingerprint density at radius 2 is 1.57 bits per heavy atom. The highest BCUT2D eigenvalue weighted by atomic mass is 19.4. The van der Waals surface area contributed by atoms with Gasteiger partial charge in [0.05, 0.1) is 10.5 Å². The number of Topliss-reactive ketones (excluding diaryl/α,β-unsaturated/α-hetero) is 3. The van der Waals surface area contributed by atoms with Crippen LogP contribution in [-0.4, -0.2) is 27.8 Å². The fourth-order valence-electron chi connectivity index (χ4n) is 2.49. The van der Waals surface area contributed by atoms with E-state index in [1.165, 1.54) is 0 Å². The molecule has 23 heavy (non-hydrogen) atoms. The van der Waals surface area contributed by atoms with Crippen LogP contribution < -0.4 is 0 Å². The molecule has 1 aliphatic carbocycles. The molecule has 0 atom stereocenters. The maximum Gasteiger partial charge on any atom is 0.416 e. The van der Waals surface area contributed by atoms with Crippen molar-refractivity contribution in [1.29, 1.82) is 0 Å². The van der Waals surface area contributed by atoms with Gasteiger partial charge >= 0.3 is 11.7 Å². The van der Waals surface area contributed by atoms with Crippen LogP contribution in [0.5, 0.6) is 0 Å². The molecule has 1 aromatic rings. The van der Waals surface area contributed by atoms with Gasteiger partial charge in [-0.3, -0.25) is 24.5 Å². The zero-order valence-corrected chi connectivity index (χ0v) is 11.6. The molecule has 9 heteroatoms. The molecule has 0 radical (unpaired) electrons. The summed E-state index contributed by atoms with van der Waals surface area (Å²) in [7, 11) is 0. The highest BCUT2D eigenvalue weighted by Crippen LogP contribution is 2.32. The van der Waals surface area contributed by atoms with Gasteiger partial charge < -0.3 is 0 Å². The van der Waals surface area contributed by atoms with E-state index in [0.717, 1.165) is 12.1 Å². The number of carbonyl (C=O) groups excluding carboxylic acids is 3. The Morgan fingerprint density at radius 3 is 1.96 bits per heavy atom. The van der Waals surface area contributed by atoms with E-state index in [9.17, 15) is 37.7 Å². The molecule has 0 heterocycles. The number of nitro groups is 1. The molecule has 1 fully saturated rings. The zero-order chi connectivity index (χ0) is 17.4. The lowest BCUT2D eigenvalue weighted by Gasteiger charge is -2.24. The minimum Gasteiger partial charge on any atom is -0.291 e. The second-order valence-electron chi connectivity index (χ2n) is 5.07. The maximum atomic E-state index is 12.5. The van der Waals surface area contributed by atoms with Gasteiger partial charge in [-0.1, -0.05) is 12.1 Å². The maximum absolute atomic E-state index is 12.5. The van der Waals surface area contributed by atoms with E-state index < -0.39 is 45.1 Å². The largest absolute Gasteiger partial charge is 0.416 e. The Labute approximate surface area is 127 Å². The summed E-state index contributed by atoms with van der Waals surface area (Å²) in [6.07, 6.45) is -5.15. The highest BCUT2D eigenvalue weighted by molar-refractivity contribution is 6.32. The van der Waals surface area contributed by atoms with E-state index in [4.69, 9.17) is 0 Å². The van der Waals surface area contributed by atoms with Crippen LogP contribution in [0.3, 0.4) is 0 Å². The Bertz CT molecular complexity index is 677. The Morgan fingerprint density at radius 1 is 1.09 bits per heavy atom. The van der Waals surface area contributed by atoms with Crippen LogP contribution in [0.1, 0.15) is 35.2 Å². The third kappa shape index (κ3) is 2.62. The number of ketones is 3. The van der Waals surface area contributed by atoms with Crippen molar-refractivity contribution in [3.63, 3.8) is 0 Å². The molecule has 0 amide bonds. The summed E-state index contributed by atoms with van der Waals surface area (Å²) in [4.78, 5) is 46.3. The van der Waals surface area contributed by atoms with Gasteiger partial charge in [-0.15, -0.1) is 0 Å². The second kappa shape index (κ2) is 5.56. The normalized spacial score (nSPS) is 17.9. The lowest BCUT2D eigenvalue weighted by Crippen LogP contribution is -2.61. The molecular weight excluding hydrogens is 319 g/mol. The van der Waals surface area contributed by atoms with Gasteiger partial charge in [0.1, 0.15) is 0 Å². The van der Waals surface area contributed by atoms with E-state index in [0.29, 0.717) is 12.1 Å². The average Bonchev–Trinajstić information content (AvgIpc) is 2.46. The monoisotopic (exact) mass is 329 g/mol. The topological polar surface area (TPSA) is 94.3 Å². The first kappa shape index (κ1) is 16.8. The number of rotatable bonds is 3. The van der Waals surface area contributed by atoms with Crippen LogP contribution in [0.15, 0.2) is 24.3 Å². The summed E-state index contributed by atoms with van der Waals surface area (Å²) in [6.45, 7) is 0. The minimum atomic E-state index is -4.64. The van der Waals surface area contributed by atoms with Gasteiger partial charge in [0.2, 0.25) is 11.6 Å². The van der Waals surface area contributed by atoms with Crippen molar-refractivity contribution < 1.29 is 32.5 Å². The summed E-state index contributed by atoms with van der Waals surface area (Å²) >= 11 is 0. The summed E-state index contributed by atoms with van der Waals surface area (Å²) in [5, 5.41) is 11.3. The molecule has 1 saturated carbocycles. The van der Waals surface area contributed by atoms with Crippen LogP contribution >= 0.6 is 0 Å². The highest BCUT2D eigenvalue weighted by Gasteiger charge is 2.64. The lowest BCUT2D eigenvalue weighted by atomic mass is 9.75.